The first-order chi connectivity index (χ1) is 14.9. The smallest absolute Gasteiger partial charge is 0.501 e. The Labute approximate surface area is 188 Å². The summed E-state index contributed by atoms with van der Waals surface area (Å²) in [5.74, 6) is 0.482. The lowest BCUT2D eigenvalue weighted by Gasteiger charge is -2.33. The van der Waals surface area contributed by atoms with Crippen LogP contribution < -0.4 is 4.43 Å². The zero-order chi connectivity index (χ0) is 22.7. The van der Waals surface area contributed by atoms with Gasteiger partial charge in [0.1, 0.15) is 5.75 Å². The van der Waals surface area contributed by atoms with Crippen molar-refractivity contribution in [2.75, 3.05) is 26.4 Å². The molecule has 0 amide bonds. The summed E-state index contributed by atoms with van der Waals surface area (Å²) in [6.07, 6.45) is 2.68. The predicted molar refractivity (Wildman–Crippen MR) is 123 cm³/mol. The second-order valence-corrected chi connectivity index (χ2v) is 13.4. The van der Waals surface area contributed by atoms with E-state index in [9.17, 15) is 4.79 Å². The Kier molecular flexibility index (Phi) is 10.4. The van der Waals surface area contributed by atoms with Gasteiger partial charge >= 0.3 is 23.3 Å². The summed E-state index contributed by atoms with van der Waals surface area (Å²) >= 11 is 0. The highest BCUT2D eigenvalue weighted by molar-refractivity contribution is 6.67. The van der Waals surface area contributed by atoms with Crippen LogP contribution in [0.25, 0.3) is 0 Å². The van der Waals surface area contributed by atoms with Gasteiger partial charge in [-0.05, 0) is 57.9 Å². The Balaban J connectivity index is 1.96. The second kappa shape index (κ2) is 12.5. The number of fused-ring (bicyclic) bond motifs is 1. The molecular formula is C22H36O7Si2. The number of carbonyl (C=O) groups is 1. The van der Waals surface area contributed by atoms with Crippen molar-refractivity contribution in [3.05, 3.63) is 42.0 Å². The number of hydrogen-bond donors (Lipinski definition) is 0. The van der Waals surface area contributed by atoms with E-state index in [2.05, 4.69) is 18.7 Å². The van der Waals surface area contributed by atoms with Crippen LogP contribution in [0.3, 0.4) is 0 Å². The first-order valence-corrected chi connectivity index (χ1v) is 15.5. The average molecular weight is 469 g/mol. The molecule has 1 unspecified atom stereocenters. The van der Waals surface area contributed by atoms with Crippen LogP contribution in [0, 0.1) is 0 Å². The number of aryl methyl sites for hydroxylation is 1. The van der Waals surface area contributed by atoms with E-state index in [1.54, 1.807) is 0 Å². The molecule has 7 nitrogen and oxygen atoms in total. The zero-order valence-electron chi connectivity index (χ0n) is 19.2. The van der Waals surface area contributed by atoms with Gasteiger partial charge in [0.25, 0.3) is 0 Å². The van der Waals surface area contributed by atoms with Gasteiger partial charge in [0.2, 0.25) is 0 Å². The maximum atomic E-state index is 11.2. The van der Waals surface area contributed by atoms with Gasteiger partial charge in [0.05, 0.1) is 13.2 Å². The summed E-state index contributed by atoms with van der Waals surface area (Å²) in [4.78, 5) is 11.2. The van der Waals surface area contributed by atoms with Gasteiger partial charge in [-0.25, -0.2) is 4.79 Å². The van der Waals surface area contributed by atoms with Crippen LogP contribution in [0.4, 0.5) is 0 Å². The third-order valence-electron chi connectivity index (χ3n) is 4.98. The molecule has 0 radical (unpaired) electrons. The number of ether oxygens (including phenoxy) is 1. The first-order valence-electron chi connectivity index (χ1n) is 11.0. The van der Waals surface area contributed by atoms with Gasteiger partial charge < -0.3 is 26.9 Å². The van der Waals surface area contributed by atoms with E-state index in [1.807, 2.05) is 33.4 Å². The van der Waals surface area contributed by atoms with Crippen molar-refractivity contribution in [3.63, 3.8) is 0 Å². The van der Waals surface area contributed by atoms with Crippen molar-refractivity contribution in [3.8, 4) is 5.75 Å². The molecule has 174 valence electrons. The molecule has 0 saturated carbocycles. The molecule has 0 aromatic heterocycles. The predicted octanol–water partition coefficient (Wildman–Crippen LogP) is 4.38. The fourth-order valence-corrected chi connectivity index (χ4v) is 8.35. The molecule has 0 spiro atoms. The minimum Gasteiger partial charge on any atom is -0.520 e. The molecule has 1 aromatic carbocycles. The highest BCUT2D eigenvalue weighted by atomic mass is 28.4. The van der Waals surface area contributed by atoms with Crippen LogP contribution in [0.1, 0.15) is 38.3 Å². The fraction of sp³-hybridized carbons (Fsp3) is 0.591. The molecule has 31 heavy (non-hydrogen) atoms. The Morgan fingerprint density at radius 2 is 1.87 bits per heavy atom. The quantitative estimate of drug-likeness (QED) is 0.174. The summed E-state index contributed by atoms with van der Waals surface area (Å²) < 4.78 is 35.3. The zero-order valence-corrected chi connectivity index (χ0v) is 21.2. The van der Waals surface area contributed by atoms with Gasteiger partial charge in [0.15, 0.2) is 0 Å². The summed E-state index contributed by atoms with van der Waals surface area (Å²) in [5.41, 5.74) is 2.24. The number of benzene rings is 1. The van der Waals surface area contributed by atoms with Gasteiger partial charge in [-0.2, -0.15) is 0 Å². The minimum atomic E-state index is -2.66. The third-order valence-corrected chi connectivity index (χ3v) is 10.7. The molecule has 1 aliphatic rings. The molecular weight excluding hydrogens is 432 g/mol. The van der Waals surface area contributed by atoms with Crippen LogP contribution in [0.5, 0.6) is 5.75 Å². The number of hydrogen-bond acceptors (Lipinski definition) is 7. The van der Waals surface area contributed by atoms with Crippen molar-refractivity contribution < 1.29 is 31.7 Å². The standard InChI is InChI=1S/C22H36O7Si2/c1-6-22(23)24-14-10-15-30(5)28-18-20-17-19(11-12-21(20)29-30)13-16-31(25-7-2,26-8-3)27-9-4/h6,11-12,17H,1,7-10,13-16,18H2,2-5H3. The van der Waals surface area contributed by atoms with Gasteiger partial charge in [-0.1, -0.05) is 12.6 Å². The van der Waals surface area contributed by atoms with Gasteiger partial charge in [-0.3, -0.25) is 0 Å². The van der Waals surface area contributed by atoms with E-state index in [4.69, 9.17) is 26.9 Å². The second-order valence-electron chi connectivity index (χ2n) is 7.42. The van der Waals surface area contributed by atoms with Crippen LogP contribution in [0.15, 0.2) is 30.9 Å². The molecule has 1 atom stereocenters. The van der Waals surface area contributed by atoms with E-state index in [0.29, 0.717) is 39.5 Å². The van der Waals surface area contributed by atoms with Gasteiger partial charge in [-0.15, -0.1) is 0 Å². The average Bonchev–Trinajstić information content (AvgIpc) is 2.76. The molecule has 0 saturated heterocycles. The van der Waals surface area contributed by atoms with Crippen LogP contribution in [-0.4, -0.2) is 49.8 Å². The topological polar surface area (TPSA) is 72.5 Å². The largest absolute Gasteiger partial charge is 0.520 e. The van der Waals surface area contributed by atoms with Gasteiger partial charge in [0, 0.05) is 43.5 Å². The number of carbonyl (C=O) groups excluding carboxylic acids is 1. The summed E-state index contributed by atoms with van der Waals surface area (Å²) in [5, 5.41) is 0. The highest BCUT2D eigenvalue weighted by Crippen LogP contribution is 2.33. The van der Waals surface area contributed by atoms with E-state index >= 15 is 0 Å². The monoisotopic (exact) mass is 468 g/mol. The van der Waals surface area contributed by atoms with Crippen LogP contribution in [0.2, 0.25) is 18.6 Å². The highest BCUT2D eigenvalue weighted by Gasteiger charge is 2.40. The summed E-state index contributed by atoms with van der Waals surface area (Å²) in [6.45, 7) is 14.0. The molecule has 9 heteroatoms. The lowest BCUT2D eigenvalue weighted by Crippen LogP contribution is -2.46. The van der Waals surface area contributed by atoms with E-state index < -0.39 is 23.3 Å². The Morgan fingerprint density at radius 1 is 1.19 bits per heavy atom. The molecule has 1 heterocycles. The molecule has 0 N–H and O–H groups in total. The van der Waals surface area contributed by atoms with E-state index in [1.165, 1.54) is 11.6 Å². The molecule has 0 aliphatic carbocycles. The molecule has 1 aromatic rings. The molecule has 2 rings (SSSR count). The number of rotatable bonds is 14. The minimum absolute atomic E-state index is 0.344. The number of esters is 1. The summed E-state index contributed by atoms with van der Waals surface area (Å²) in [7, 11) is -5.00. The van der Waals surface area contributed by atoms with Crippen LogP contribution >= 0.6 is 0 Å². The maximum Gasteiger partial charge on any atom is 0.501 e. The van der Waals surface area contributed by atoms with Crippen molar-refractivity contribution in [2.24, 2.45) is 0 Å². The fourth-order valence-electron chi connectivity index (χ4n) is 3.54. The normalized spacial score (nSPS) is 18.2. The molecule has 0 fully saturated rings. The molecule has 1 aliphatic heterocycles. The summed E-state index contributed by atoms with van der Waals surface area (Å²) in [6, 6.07) is 7.75. The SMILES string of the molecule is C=CC(=O)OCCC[Si]1(C)OCc2cc(CC[Si](OCC)(OCC)OCC)ccc2O1. The third kappa shape index (κ3) is 7.85. The Morgan fingerprint density at radius 3 is 2.48 bits per heavy atom. The maximum absolute atomic E-state index is 11.2. The molecule has 0 bridgehead atoms. The van der Waals surface area contributed by atoms with E-state index in [-0.39, 0.29) is 0 Å². The lowest BCUT2D eigenvalue weighted by molar-refractivity contribution is -0.137. The Hall–Kier alpha value is -1.50. The van der Waals surface area contributed by atoms with Crippen molar-refractivity contribution in [2.45, 2.75) is 58.9 Å². The lowest BCUT2D eigenvalue weighted by atomic mass is 10.1. The first kappa shape index (κ1) is 25.8. The van der Waals surface area contributed by atoms with E-state index in [0.717, 1.165) is 29.8 Å². The van der Waals surface area contributed by atoms with Crippen LogP contribution in [-0.2, 0) is 40.3 Å². The van der Waals surface area contributed by atoms with Crippen molar-refractivity contribution in [1.29, 1.82) is 0 Å². The van der Waals surface area contributed by atoms with Crippen molar-refractivity contribution >= 4 is 23.3 Å². The van der Waals surface area contributed by atoms with Crippen molar-refractivity contribution in [1.82, 2.24) is 0 Å². The Bertz CT molecular complexity index is 711.